The highest BCUT2D eigenvalue weighted by Gasteiger charge is 2.58. The van der Waals surface area contributed by atoms with Gasteiger partial charge in [-0.2, -0.15) is 0 Å². The molecular formula is C29H58OSi2. The molecule has 0 N–H and O–H groups in total. The van der Waals surface area contributed by atoms with Crippen molar-refractivity contribution >= 4 is 15.4 Å². The first kappa shape index (κ1) is 29.9. The van der Waals surface area contributed by atoms with Crippen molar-refractivity contribution in [1.29, 1.82) is 0 Å². The summed E-state index contributed by atoms with van der Waals surface area (Å²) in [6.45, 7) is 17.7. The molecule has 0 amide bonds. The van der Waals surface area contributed by atoms with Gasteiger partial charge in [0.25, 0.3) is 0 Å². The molecule has 0 aromatic carbocycles. The molecule has 0 bridgehead atoms. The van der Waals surface area contributed by atoms with E-state index in [1.54, 1.807) is 6.04 Å². The minimum atomic E-state index is -1.60. The van der Waals surface area contributed by atoms with E-state index in [4.69, 9.17) is 4.43 Å². The maximum atomic E-state index is 7.62. The van der Waals surface area contributed by atoms with Crippen molar-refractivity contribution in [2.45, 2.75) is 160 Å². The molecule has 32 heavy (non-hydrogen) atoms. The lowest BCUT2D eigenvalue weighted by molar-refractivity contribution is 0.0268. The number of hydrogen-bond acceptors (Lipinski definition) is 1. The van der Waals surface area contributed by atoms with Gasteiger partial charge >= 0.3 is 0 Å². The molecule has 1 heterocycles. The largest absolute Gasteiger partial charge is 0.414 e. The van der Waals surface area contributed by atoms with E-state index in [1.807, 2.05) is 0 Å². The number of unbranched alkanes of at least 4 members (excludes halogenated alkanes) is 10. The molecule has 0 spiro atoms. The highest BCUT2D eigenvalue weighted by molar-refractivity contribution is 7.40. The minimum absolute atomic E-state index is 0.224. The van der Waals surface area contributed by atoms with Crippen molar-refractivity contribution < 1.29 is 4.43 Å². The van der Waals surface area contributed by atoms with Crippen molar-refractivity contribution in [3.8, 4) is 0 Å². The number of allylic oxidation sites excluding steroid dienone is 2. The zero-order valence-corrected chi connectivity index (χ0v) is 24.6. The fraction of sp³-hybridized carbons (Fsp3) is 0.862. The van der Waals surface area contributed by atoms with Crippen LogP contribution >= 0.6 is 0 Å². The SMILES string of the molecule is C=CCCCCCCCC1(CCCCCCCC=C)CC[Si](CC)(CC)[Si](CC)(CC)O1. The van der Waals surface area contributed by atoms with E-state index in [9.17, 15) is 0 Å². The van der Waals surface area contributed by atoms with E-state index in [-0.39, 0.29) is 5.60 Å². The van der Waals surface area contributed by atoms with Gasteiger partial charge in [-0.25, -0.2) is 0 Å². The molecule has 0 saturated carbocycles. The average molecular weight is 479 g/mol. The van der Waals surface area contributed by atoms with Crippen LogP contribution in [0, 0.1) is 0 Å². The van der Waals surface area contributed by atoms with Crippen LogP contribution in [0.2, 0.25) is 30.2 Å². The van der Waals surface area contributed by atoms with Crippen molar-refractivity contribution in [1.82, 2.24) is 0 Å². The van der Waals surface area contributed by atoms with E-state index >= 15 is 0 Å². The molecular weight excluding hydrogens is 420 g/mol. The van der Waals surface area contributed by atoms with Gasteiger partial charge in [-0.05, 0) is 57.0 Å². The number of hydrogen-bond donors (Lipinski definition) is 0. The molecule has 0 radical (unpaired) electrons. The van der Waals surface area contributed by atoms with Crippen LogP contribution in [0.25, 0.3) is 0 Å². The van der Waals surface area contributed by atoms with Crippen molar-refractivity contribution in [2.24, 2.45) is 0 Å². The average Bonchev–Trinajstić information content (AvgIpc) is 2.83. The van der Waals surface area contributed by atoms with Gasteiger partial charge < -0.3 is 4.43 Å². The van der Waals surface area contributed by atoms with Crippen LogP contribution in [0.3, 0.4) is 0 Å². The quantitative estimate of drug-likeness (QED) is 0.0960. The summed E-state index contributed by atoms with van der Waals surface area (Å²) >= 11 is 0. The molecule has 0 unspecified atom stereocenters. The molecule has 188 valence electrons. The third kappa shape index (κ3) is 8.58. The van der Waals surface area contributed by atoms with Crippen LogP contribution in [-0.2, 0) is 4.43 Å². The maximum absolute atomic E-state index is 7.62. The minimum Gasteiger partial charge on any atom is -0.414 e. The van der Waals surface area contributed by atoms with Crippen LogP contribution < -0.4 is 0 Å². The summed E-state index contributed by atoms with van der Waals surface area (Å²) in [7, 11) is -2.84. The second kappa shape index (κ2) is 16.5. The summed E-state index contributed by atoms with van der Waals surface area (Å²) in [6.07, 6.45) is 24.2. The molecule has 0 atom stereocenters. The first-order valence-corrected chi connectivity index (χ1v) is 20.4. The lowest BCUT2D eigenvalue weighted by Crippen LogP contribution is -2.70. The molecule has 1 saturated heterocycles. The zero-order chi connectivity index (χ0) is 23.8. The van der Waals surface area contributed by atoms with E-state index in [1.165, 1.54) is 120 Å². The second-order valence-corrected chi connectivity index (χ2v) is 24.7. The predicted molar refractivity (Wildman–Crippen MR) is 152 cm³/mol. The lowest BCUT2D eigenvalue weighted by atomic mass is 9.87. The van der Waals surface area contributed by atoms with Gasteiger partial charge in [-0.15, -0.1) is 13.2 Å². The van der Waals surface area contributed by atoms with Crippen LogP contribution in [0.15, 0.2) is 25.3 Å². The van der Waals surface area contributed by atoms with E-state index in [0.29, 0.717) is 0 Å². The fourth-order valence-electron chi connectivity index (χ4n) is 6.67. The molecule has 1 aliphatic rings. The van der Waals surface area contributed by atoms with Crippen LogP contribution in [-0.4, -0.2) is 21.0 Å². The summed E-state index contributed by atoms with van der Waals surface area (Å²) in [5, 5.41) is 0. The molecule has 1 aliphatic heterocycles. The Hall–Kier alpha value is -0.126. The Balaban J connectivity index is 2.78. The Morgan fingerprint density at radius 2 is 1.09 bits per heavy atom. The standard InChI is InChI=1S/C29H58OSi2/c1-7-13-15-17-19-21-23-25-29(26-24-22-20-18-16-14-8-2)27-28-31(9-3,10-4)32(11-5,12-6)30-29/h7-8H,1-2,9-28H2,3-6H3. The number of rotatable bonds is 20. The molecule has 1 rings (SSSR count). The maximum Gasteiger partial charge on any atom is 0.180 e. The molecule has 0 aliphatic carbocycles. The smallest absolute Gasteiger partial charge is 0.180 e. The Bertz CT molecular complexity index is 471. The second-order valence-electron chi connectivity index (χ2n) is 10.7. The van der Waals surface area contributed by atoms with Gasteiger partial charge in [0.15, 0.2) is 7.83 Å². The predicted octanol–water partition coefficient (Wildman–Crippen LogP) is 10.5. The van der Waals surface area contributed by atoms with Gasteiger partial charge in [-0.1, -0.05) is 109 Å². The molecule has 3 heteroatoms. The van der Waals surface area contributed by atoms with E-state index < -0.39 is 15.4 Å². The fourth-order valence-corrected chi connectivity index (χ4v) is 25.6. The summed E-state index contributed by atoms with van der Waals surface area (Å²) in [4.78, 5) is 0. The van der Waals surface area contributed by atoms with E-state index in [0.717, 1.165) is 0 Å². The molecule has 0 aromatic heterocycles. The van der Waals surface area contributed by atoms with Gasteiger partial charge in [0.2, 0.25) is 0 Å². The third-order valence-corrected chi connectivity index (χ3v) is 29.1. The normalized spacial score (nSPS) is 19.0. The van der Waals surface area contributed by atoms with Gasteiger partial charge in [-0.3, -0.25) is 0 Å². The first-order chi connectivity index (χ1) is 15.5. The van der Waals surface area contributed by atoms with Gasteiger partial charge in [0.1, 0.15) is 0 Å². The van der Waals surface area contributed by atoms with Crippen LogP contribution in [0.5, 0.6) is 0 Å². The molecule has 0 aromatic rings. The van der Waals surface area contributed by atoms with E-state index in [2.05, 4.69) is 53.0 Å². The van der Waals surface area contributed by atoms with Crippen molar-refractivity contribution in [3.05, 3.63) is 25.3 Å². The molecule has 1 fully saturated rings. The summed E-state index contributed by atoms with van der Waals surface area (Å²) in [6, 6.07) is 7.21. The Morgan fingerprint density at radius 3 is 1.50 bits per heavy atom. The highest BCUT2D eigenvalue weighted by atomic mass is 29.3. The third-order valence-electron chi connectivity index (χ3n) is 9.01. The lowest BCUT2D eigenvalue weighted by Gasteiger charge is -2.57. The van der Waals surface area contributed by atoms with Gasteiger partial charge in [0, 0.05) is 0 Å². The Labute approximate surface area is 204 Å². The molecule has 1 nitrogen and oxygen atoms in total. The monoisotopic (exact) mass is 478 g/mol. The highest BCUT2D eigenvalue weighted by Crippen LogP contribution is 2.49. The topological polar surface area (TPSA) is 9.23 Å². The zero-order valence-electron chi connectivity index (χ0n) is 22.6. The summed E-state index contributed by atoms with van der Waals surface area (Å²) < 4.78 is 7.62. The summed E-state index contributed by atoms with van der Waals surface area (Å²) in [5.74, 6) is 0. The summed E-state index contributed by atoms with van der Waals surface area (Å²) in [5.41, 5.74) is 0.224. The van der Waals surface area contributed by atoms with Gasteiger partial charge in [0.05, 0.1) is 13.2 Å². The Kier molecular flexibility index (Phi) is 15.4. The first-order valence-electron chi connectivity index (χ1n) is 14.4. The van der Waals surface area contributed by atoms with Crippen LogP contribution in [0.4, 0.5) is 0 Å². The Morgan fingerprint density at radius 1 is 0.656 bits per heavy atom. The van der Waals surface area contributed by atoms with Crippen molar-refractivity contribution in [3.63, 3.8) is 0 Å². The van der Waals surface area contributed by atoms with Crippen LogP contribution in [0.1, 0.15) is 124 Å². The van der Waals surface area contributed by atoms with Crippen molar-refractivity contribution in [2.75, 3.05) is 0 Å².